The third-order valence-electron chi connectivity index (χ3n) is 4.07. The summed E-state index contributed by atoms with van der Waals surface area (Å²) in [6.07, 6.45) is 6.62. The molecule has 2 heteroatoms. The molecule has 1 aromatic rings. The predicted octanol–water partition coefficient (Wildman–Crippen LogP) is 3.50. The van der Waals surface area contributed by atoms with E-state index < -0.39 is 0 Å². The van der Waals surface area contributed by atoms with Crippen molar-refractivity contribution >= 4 is 0 Å². The number of likely N-dealkylation sites (tertiary alicyclic amines) is 1. The predicted molar refractivity (Wildman–Crippen MR) is 76.2 cm³/mol. The highest BCUT2D eigenvalue weighted by Crippen LogP contribution is 2.20. The molecule has 0 amide bonds. The summed E-state index contributed by atoms with van der Waals surface area (Å²) >= 11 is 0. The Morgan fingerprint density at radius 3 is 2.67 bits per heavy atom. The lowest BCUT2D eigenvalue weighted by atomic mass is 9.99. The molecule has 0 saturated carbocycles. The standard InChI is InChI=1S/C16H25NO/c1-3-15-6-4-5-12-17(15)13-11-14-7-9-16(18-2)10-8-14/h7-10,15H,3-6,11-13H2,1-2H3. The van der Waals surface area contributed by atoms with Gasteiger partial charge in [-0.25, -0.2) is 0 Å². The van der Waals surface area contributed by atoms with Crippen LogP contribution >= 0.6 is 0 Å². The molecule has 1 aliphatic heterocycles. The van der Waals surface area contributed by atoms with E-state index >= 15 is 0 Å². The molecule has 0 spiro atoms. The molecule has 18 heavy (non-hydrogen) atoms. The van der Waals surface area contributed by atoms with Crippen molar-refractivity contribution in [1.29, 1.82) is 0 Å². The fourth-order valence-electron chi connectivity index (χ4n) is 2.88. The molecule has 100 valence electrons. The lowest BCUT2D eigenvalue weighted by molar-refractivity contribution is 0.146. The van der Waals surface area contributed by atoms with E-state index in [0.717, 1.165) is 18.2 Å². The summed E-state index contributed by atoms with van der Waals surface area (Å²) in [5.74, 6) is 0.947. The van der Waals surface area contributed by atoms with E-state index in [-0.39, 0.29) is 0 Å². The number of rotatable bonds is 5. The molecule has 0 aromatic heterocycles. The maximum Gasteiger partial charge on any atom is 0.118 e. The Bertz CT molecular complexity index is 347. The molecule has 0 N–H and O–H groups in total. The molecule has 1 aromatic carbocycles. The van der Waals surface area contributed by atoms with Gasteiger partial charge in [0.05, 0.1) is 7.11 Å². The first kappa shape index (κ1) is 13.4. The second kappa shape index (κ2) is 6.79. The van der Waals surface area contributed by atoms with Crippen molar-refractivity contribution in [3.8, 4) is 5.75 Å². The molecule has 0 bridgehead atoms. The molecule has 1 saturated heterocycles. The Hall–Kier alpha value is -1.02. The summed E-state index contributed by atoms with van der Waals surface area (Å²) in [6, 6.07) is 9.30. The van der Waals surface area contributed by atoms with Crippen LogP contribution in [0.5, 0.6) is 5.75 Å². The van der Waals surface area contributed by atoms with Gasteiger partial charge in [0.15, 0.2) is 0 Å². The molecular weight excluding hydrogens is 222 g/mol. The third-order valence-corrected chi connectivity index (χ3v) is 4.07. The fourth-order valence-corrected chi connectivity index (χ4v) is 2.88. The van der Waals surface area contributed by atoms with Crippen molar-refractivity contribution < 1.29 is 4.74 Å². The minimum absolute atomic E-state index is 0.817. The van der Waals surface area contributed by atoms with Crippen LogP contribution in [0.4, 0.5) is 0 Å². The Morgan fingerprint density at radius 1 is 1.22 bits per heavy atom. The molecule has 2 nitrogen and oxygen atoms in total. The molecule has 1 heterocycles. The van der Waals surface area contributed by atoms with Crippen molar-refractivity contribution in [3.63, 3.8) is 0 Å². The number of hydrogen-bond donors (Lipinski definition) is 0. The highest BCUT2D eigenvalue weighted by molar-refractivity contribution is 5.27. The second-order valence-corrected chi connectivity index (χ2v) is 5.19. The summed E-state index contributed by atoms with van der Waals surface area (Å²) in [7, 11) is 1.72. The summed E-state index contributed by atoms with van der Waals surface area (Å²) in [5.41, 5.74) is 1.41. The Labute approximate surface area is 111 Å². The highest BCUT2D eigenvalue weighted by Gasteiger charge is 2.19. The summed E-state index contributed by atoms with van der Waals surface area (Å²) in [4.78, 5) is 2.67. The van der Waals surface area contributed by atoms with Crippen molar-refractivity contribution in [2.24, 2.45) is 0 Å². The quantitative estimate of drug-likeness (QED) is 0.789. The zero-order valence-electron chi connectivity index (χ0n) is 11.7. The number of ether oxygens (including phenoxy) is 1. The van der Waals surface area contributed by atoms with Gasteiger partial charge in [0.1, 0.15) is 5.75 Å². The molecular formula is C16H25NO. The van der Waals surface area contributed by atoms with Crippen LogP contribution in [0.1, 0.15) is 38.2 Å². The van der Waals surface area contributed by atoms with E-state index in [1.165, 1.54) is 44.3 Å². The van der Waals surface area contributed by atoms with Crippen LogP contribution in [0.2, 0.25) is 0 Å². The van der Waals surface area contributed by atoms with Crippen molar-refractivity contribution in [2.75, 3.05) is 20.2 Å². The normalized spacial score (nSPS) is 20.9. The largest absolute Gasteiger partial charge is 0.497 e. The van der Waals surface area contributed by atoms with Crippen LogP contribution in [0, 0.1) is 0 Å². The number of piperidine rings is 1. The van der Waals surface area contributed by atoms with Gasteiger partial charge in [0, 0.05) is 12.6 Å². The smallest absolute Gasteiger partial charge is 0.118 e. The van der Waals surface area contributed by atoms with Crippen LogP contribution in [0.3, 0.4) is 0 Å². The molecule has 1 fully saturated rings. The van der Waals surface area contributed by atoms with Crippen LogP contribution in [0.25, 0.3) is 0 Å². The lowest BCUT2D eigenvalue weighted by Crippen LogP contribution is -2.40. The lowest BCUT2D eigenvalue weighted by Gasteiger charge is -2.35. The van der Waals surface area contributed by atoms with Gasteiger partial charge in [-0.1, -0.05) is 25.5 Å². The first-order valence-electron chi connectivity index (χ1n) is 7.20. The van der Waals surface area contributed by atoms with Gasteiger partial charge in [-0.05, 0) is 49.9 Å². The van der Waals surface area contributed by atoms with Gasteiger partial charge in [-0.3, -0.25) is 0 Å². The Kier molecular flexibility index (Phi) is 5.06. The summed E-state index contributed by atoms with van der Waals surface area (Å²) in [5, 5.41) is 0. The molecule has 1 aliphatic rings. The van der Waals surface area contributed by atoms with E-state index in [4.69, 9.17) is 4.74 Å². The number of methoxy groups -OCH3 is 1. The minimum Gasteiger partial charge on any atom is -0.497 e. The fraction of sp³-hybridized carbons (Fsp3) is 0.625. The maximum absolute atomic E-state index is 5.19. The Morgan fingerprint density at radius 2 is 2.00 bits per heavy atom. The van der Waals surface area contributed by atoms with E-state index in [9.17, 15) is 0 Å². The van der Waals surface area contributed by atoms with E-state index in [2.05, 4.69) is 36.1 Å². The van der Waals surface area contributed by atoms with Gasteiger partial charge >= 0.3 is 0 Å². The van der Waals surface area contributed by atoms with Gasteiger partial charge in [0.2, 0.25) is 0 Å². The molecule has 2 rings (SSSR count). The molecule has 0 aliphatic carbocycles. The monoisotopic (exact) mass is 247 g/mol. The zero-order valence-corrected chi connectivity index (χ0v) is 11.7. The summed E-state index contributed by atoms with van der Waals surface area (Å²) in [6.45, 7) is 4.80. The highest BCUT2D eigenvalue weighted by atomic mass is 16.5. The number of benzene rings is 1. The van der Waals surface area contributed by atoms with Crippen LogP contribution < -0.4 is 4.74 Å². The molecule has 1 atom stereocenters. The Balaban J connectivity index is 1.85. The zero-order chi connectivity index (χ0) is 12.8. The van der Waals surface area contributed by atoms with Crippen molar-refractivity contribution in [3.05, 3.63) is 29.8 Å². The van der Waals surface area contributed by atoms with Crippen molar-refractivity contribution in [1.82, 2.24) is 4.90 Å². The van der Waals surface area contributed by atoms with Crippen LogP contribution in [-0.4, -0.2) is 31.1 Å². The third kappa shape index (κ3) is 3.49. The first-order chi connectivity index (χ1) is 8.83. The average Bonchev–Trinajstić information content (AvgIpc) is 2.46. The average molecular weight is 247 g/mol. The number of nitrogens with zero attached hydrogens (tertiary/aromatic N) is 1. The van der Waals surface area contributed by atoms with E-state index in [0.29, 0.717) is 0 Å². The molecule has 0 radical (unpaired) electrons. The van der Waals surface area contributed by atoms with E-state index in [1.807, 2.05) is 0 Å². The second-order valence-electron chi connectivity index (χ2n) is 5.19. The van der Waals surface area contributed by atoms with Crippen LogP contribution in [0.15, 0.2) is 24.3 Å². The van der Waals surface area contributed by atoms with Crippen molar-refractivity contribution in [2.45, 2.75) is 45.1 Å². The van der Waals surface area contributed by atoms with Crippen LogP contribution in [-0.2, 0) is 6.42 Å². The maximum atomic E-state index is 5.19. The van der Waals surface area contributed by atoms with Gasteiger partial charge in [0.25, 0.3) is 0 Å². The summed E-state index contributed by atoms with van der Waals surface area (Å²) < 4.78 is 5.19. The topological polar surface area (TPSA) is 12.5 Å². The molecule has 1 unspecified atom stereocenters. The SMILES string of the molecule is CCC1CCCCN1CCc1ccc(OC)cc1. The van der Waals surface area contributed by atoms with E-state index in [1.54, 1.807) is 7.11 Å². The van der Waals surface area contributed by atoms with Gasteiger partial charge in [-0.15, -0.1) is 0 Å². The minimum atomic E-state index is 0.817. The van der Waals surface area contributed by atoms with Gasteiger partial charge < -0.3 is 9.64 Å². The number of hydrogen-bond acceptors (Lipinski definition) is 2. The first-order valence-corrected chi connectivity index (χ1v) is 7.20. The van der Waals surface area contributed by atoms with Gasteiger partial charge in [-0.2, -0.15) is 0 Å².